The van der Waals surface area contributed by atoms with Crippen LogP contribution in [0.15, 0.2) is 4.52 Å². The molecule has 1 fully saturated rings. The van der Waals surface area contributed by atoms with Crippen LogP contribution in [-0.2, 0) is 20.7 Å². The van der Waals surface area contributed by atoms with E-state index in [1.165, 1.54) is 7.11 Å². The zero-order chi connectivity index (χ0) is 16.8. The molecule has 0 bridgehead atoms. The Labute approximate surface area is 135 Å². The Morgan fingerprint density at radius 3 is 2.91 bits per heavy atom. The maximum atomic E-state index is 12.5. The number of carbonyl (C=O) groups excluding carboxylic acids is 2. The van der Waals surface area contributed by atoms with Crippen molar-refractivity contribution in [2.45, 2.75) is 26.2 Å². The Morgan fingerprint density at radius 1 is 1.48 bits per heavy atom. The van der Waals surface area contributed by atoms with E-state index in [-0.39, 0.29) is 24.3 Å². The van der Waals surface area contributed by atoms with E-state index in [0.29, 0.717) is 37.8 Å². The van der Waals surface area contributed by atoms with Gasteiger partial charge in [-0.3, -0.25) is 9.59 Å². The summed E-state index contributed by atoms with van der Waals surface area (Å²) >= 11 is 0. The third-order valence-corrected chi connectivity index (χ3v) is 4.01. The first-order valence-corrected chi connectivity index (χ1v) is 7.82. The Kier molecular flexibility index (Phi) is 6.09. The highest BCUT2D eigenvalue weighted by molar-refractivity contribution is 5.81. The fourth-order valence-corrected chi connectivity index (χ4v) is 2.75. The van der Waals surface area contributed by atoms with Crippen molar-refractivity contribution >= 4 is 11.8 Å². The van der Waals surface area contributed by atoms with Gasteiger partial charge in [0.15, 0.2) is 5.82 Å². The summed E-state index contributed by atoms with van der Waals surface area (Å²) in [5.74, 6) is 0.966. The second kappa shape index (κ2) is 8.05. The summed E-state index contributed by atoms with van der Waals surface area (Å²) in [6, 6.07) is 0. The minimum Gasteiger partial charge on any atom is -0.375 e. The van der Waals surface area contributed by atoms with Crippen LogP contribution in [0.3, 0.4) is 0 Å². The number of carbonyl (C=O) groups is 2. The molecule has 23 heavy (non-hydrogen) atoms. The first-order valence-electron chi connectivity index (χ1n) is 7.82. The van der Waals surface area contributed by atoms with Crippen molar-refractivity contribution in [2.24, 2.45) is 5.92 Å². The Morgan fingerprint density at radius 2 is 2.26 bits per heavy atom. The average molecular weight is 324 g/mol. The van der Waals surface area contributed by atoms with Gasteiger partial charge in [-0.05, 0) is 12.8 Å². The number of hydrogen-bond donors (Lipinski definition) is 0. The Hall–Kier alpha value is -1.96. The van der Waals surface area contributed by atoms with Gasteiger partial charge >= 0.3 is 0 Å². The van der Waals surface area contributed by atoms with Crippen LogP contribution < -0.4 is 0 Å². The molecule has 0 radical (unpaired) electrons. The van der Waals surface area contributed by atoms with Crippen LogP contribution in [0.2, 0.25) is 0 Å². The van der Waals surface area contributed by atoms with Crippen LogP contribution in [0, 0.1) is 12.8 Å². The number of likely N-dealkylation sites (N-methyl/N-ethyl adjacent to an activating group) is 1. The molecule has 2 rings (SSSR count). The molecule has 0 aromatic carbocycles. The van der Waals surface area contributed by atoms with Gasteiger partial charge in [-0.25, -0.2) is 0 Å². The van der Waals surface area contributed by atoms with Gasteiger partial charge in [-0.2, -0.15) is 4.98 Å². The second-order valence-corrected chi connectivity index (χ2v) is 5.85. The van der Waals surface area contributed by atoms with Crippen molar-refractivity contribution in [1.82, 2.24) is 19.9 Å². The van der Waals surface area contributed by atoms with Crippen molar-refractivity contribution in [2.75, 3.05) is 40.4 Å². The fourth-order valence-electron chi connectivity index (χ4n) is 2.75. The molecule has 1 aliphatic heterocycles. The zero-order valence-electron chi connectivity index (χ0n) is 13.9. The molecule has 0 N–H and O–H groups in total. The number of methoxy groups -OCH3 is 1. The molecule has 2 amide bonds. The highest BCUT2D eigenvalue weighted by Crippen LogP contribution is 2.19. The van der Waals surface area contributed by atoms with Crippen LogP contribution in [-0.4, -0.2) is 72.2 Å². The van der Waals surface area contributed by atoms with Gasteiger partial charge in [0.05, 0.1) is 5.92 Å². The summed E-state index contributed by atoms with van der Waals surface area (Å²) in [6.07, 6.45) is 2.20. The summed E-state index contributed by atoms with van der Waals surface area (Å²) in [4.78, 5) is 32.0. The van der Waals surface area contributed by atoms with Gasteiger partial charge < -0.3 is 19.1 Å². The van der Waals surface area contributed by atoms with E-state index in [1.54, 1.807) is 23.8 Å². The highest BCUT2D eigenvalue weighted by Gasteiger charge is 2.30. The largest absolute Gasteiger partial charge is 0.375 e. The molecule has 0 spiro atoms. The van der Waals surface area contributed by atoms with E-state index in [9.17, 15) is 9.59 Å². The van der Waals surface area contributed by atoms with Crippen molar-refractivity contribution < 1.29 is 18.8 Å². The third-order valence-electron chi connectivity index (χ3n) is 4.01. The number of piperidine rings is 1. The van der Waals surface area contributed by atoms with E-state index >= 15 is 0 Å². The average Bonchev–Trinajstić information content (AvgIpc) is 2.97. The van der Waals surface area contributed by atoms with Crippen LogP contribution in [0.1, 0.15) is 24.6 Å². The van der Waals surface area contributed by atoms with Gasteiger partial charge in [-0.15, -0.1) is 0 Å². The molecule has 1 atom stereocenters. The van der Waals surface area contributed by atoms with Crippen LogP contribution in [0.4, 0.5) is 0 Å². The molecule has 0 aliphatic carbocycles. The minimum absolute atomic E-state index is 0.0557. The van der Waals surface area contributed by atoms with Crippen LogP contribution in [0.5, 0.6) is 0 Å². The number of rotatable bonds is 6. The molecular formula is C15H24N4O4. The number of likely N-dealkylation sites (tertiary alicyclic amines) is 1. The molecule has 8 nitrogen and oxygen atoms in total. The molecule has 1 aromatic heterocycles. The SMILES string of the molecule is COCC(=O)N1CCC[C@@H](C(=O)N(C)CCc2noc(C)n2)C1. The lowest BCUT2D eigenvalue weighted by Gasteiger charge is -2.33. The first-order chi connectivity index (χ1) is 11.0. The number of hydrogen-bond acceptors (Lipinski definition) is 6. The lowest BCUT2D eigenvalue weighted by molar-refractivity contribution is -0.142. The van der Waals surface area contributed by atoms with Crippen molar-refractivity contribution in [3.8, 4) is 0 Å². The normalized spacial score (nSPS) is 18.0. The first kappa shape index (κ1) is 17.4. The van der Waals surface area contributed by atoms with E-state index in [2.05, 4.69) is 10.1 Å². The van der Waals surface area contributed by atoms with E-state index in [4.69, 9.17) is 9.26 Å². The lowest BCUT2D eigenvalue weighted by atomic mass is 9.96. The molecule has 1 saturated heterocycles. The van der Waals surface area contributed by atoms with Crippen molar-refractivity contribution in [3.05, 3.63) is 11.7 Å². The van der Waals surface area contributed by atoms with Gasteiger partial charge in [-0.1, -0.05) is 5.16 Å². The van der Waals surface area contributed by atoms with Crippen molar-refractivity contribution in [1.29, 1.82) is 0 Å². The molecule has 0 unspecified atom stereocenters. The van der Waals surface area contributed by atoms with E-state index in [0.717, 1.165) is 12.8 Å². The van der Waals surface area contributed by atoms with E-state index in [1.807, 2.05) is 0 Å². The number of aromatic nitrogens is 2. The zero-order valence-corrected chi connectivity index (χ0v) is 13.9. The number of aryl methyl sites for hydroxylation is 1. The fraction of sp³-hybridized carbons (Fsp3) is 0.733. The van der Waals surface area contributed by atoms with Crippen molar-refractivity contribution in [3.63, 3.8) is 0 Å². The smallest absolute Gasteiger partial charge is 0.248 e. The van der Waals surface area contributed by atoms with E-state index < -0.39 is 0 Å². The molecule has 128 valence electrons. The molecule has 0 saturated carbocycles. The predicted molar refractivity (Wildman–Crippen MR) is 81.6 cm³/mol. The molecule has 1 aromatic rings. The van der Waals surface area contributed by atoms with Crippen LogP contribution in [0.25, 0.3) is 0 Å². The standard InChI is InChI=1S/C15H24N4O4/c1-11-16-13(17-23-11)6-8-18(2)15(21)12-5-4-7-19(9-12)14(20)10-22-3/h12H,4-10H2,1-3H3/t12-/m1/s1. The minimum atomic E-state index is -0.151. The quantitative estimate of drug-likeness (QED) is 0.746. The maximum Gasteiger partial charge on any atom is 0.248 e. The van der Waals surface area contributed by atoms with Crippen LogP contribution >= 0.6 is 0 Å². The third kappa shape index (κ3) is 4.75. The monoisotopic (exact) mass is 324 g/mol. The second-order valence-electron chi connectivity index (χ2n) is 5.85. The van der Waals surface area contributed by atoms with Gasteiger partial charge in [0.25, 0.3) is 0 Å². The van der Waals surface area contributed by atoms with Gasteiger partial charge in [0.2, 0.25) is 17.7 Å². The predicted octanol–water partition coefficient (Wildman–Crippen LogP) is 0.264. The maximum absolute atomic E-state index is 12.5. The number of ether oxygens (including phenoxy) is 1. The Balaban J connectivity index is 1.84. The topological polar surface area (TPSA) is 88.8 Å². The lowest BCUT2D eigenvalue weighted by Crippen LogP contribution is -2.47. The molecular weight excluding hydrogens is 300 g/mol. The number of amides is 2. The molecule has 2 heterocycles. The number of nitrogens with zero attached hydrogens (tertiary/aromatic N) is 4. The van der Waals surface area contributed by atoms with Gasteiger partial charge in [0.1, 0.15) is 6.61 Å². The molecule has 1 aliphatic rings. The summed E-state index contributed by atoms with van der Waals surface area (Å²) in [5.41, 5.74) is 0. The van der Waals surface area contributed by atoms with Gasteiger partial charge in [0, 0.05) is 47.1 Å². The summed E-state index contributed by atoms with van der Waals surface area (Å²) in [6.45, 7) is 3.48. The summed E-state index contributed by atoms with van der Waals surface area (Å²) in [5, 5.41) is 3.82. The Bertz CT molecular complexity index is 545. The highest BCUT2D eigenvalue weighted by atomic mass is 16.5. The summed E-state index contributed by atoms with van der Waals surface area (Å²) < 4.78 is 9.80. The molecule has 8 heteroatoms. The summed E-state index contributed by atoms with van der Waals surface area (Å²) in [7, 11) is 3.27.